The van der Waals surface area contributed by atoms with E-state index in [-0.39, 0.29) is 21.8 Å². The average Bonchev–Trinajstić information content (AvgIpc) is 2.88. The van der Waals surface area contributed by atoms with Gasteiger partial charge in [0.1, 0.15) is 12.4 Å². The molecule has 4 aromatic rings. The molecule has 0 aliphatic carbocycles. The van der Waals surface area contributed by atoms with Gasteiger partial charge in [-0.05, 0) is 72.6 Å². The number of alkyl halides is 3. The molecule has 0 fully saturated rings. The van der Waals surface area contributed by atoms with Crippen molar-refractivity contribution in [3.8, 4) is 5.75 Å². The minimum Gasteiger partial charge on any atom is -0.489 e. The predicted octanol–water partition coefficient (Wildman–Crippen LogP) is 6.65. The lowest BCUT2D eigenvalue weighted by Crippen LogP contribution is -2.17. The van der Waals surface area contributed by atoms with E-state index in [1.54, 1.807) is 31.2 Å². The molecule has 0 aliphatic heterocycles. The number of amides is 1. The Morgan fingerprint density at radius 3 is 2.24 bits per heavy atom. The number of rotatable bonds is 8. The van der Waals surface area contributed by atoms with Crippen LogP contribution in [-0.4, -0.2) is 14.3 Å². The number of nitrogens with one attached hydrogen (secondary N) is 2. The molecule has 0 bridgehead atoms. The highest BCUT2D eigenvalue weighted by atomic mass is 32.2. The van der Waals surface area contributed by atoms with Gasteiger partial charge in [0.25, 0.3) is 15.9 Å². The summed E-state index contributed by atoms with van der Waals surface area (Å²) in [4.78, 5) is 12.6. The highest BCUT2D eigenvalue weighted by Crippen LogP contribution is 2.31. The van der Waals surface area contributed by atoms with Crippen LogP contribution in [0.1, 0.15) is 27.0 Å². The summed E-state index contributed by atoms with van der Waals surface area (Å²) < 4.78 is 73.1. The van der Waals surface area contributed by atoms with Gasteiger partial charge in [-0.3, -0.25) is 9.52 Å². The Morgan fingerprint density at radius 2 is 1.55 bits per heavy atom. The van der Waals surface area contributed by atoms with Gasteiger partial charge in [0.05, 0.1) is 10.5 Å². The third kappa shape index (κ3) is 6.71. The molecule has 0 aromatic heterocycles. The molecule has 4 aromatic carbocycles. The van der Waals surface area contributed by atoms with Crippen molar-refractivity contribution in [1.29, 1.82) is 0 Å². The first kappa shape index (κ1) is 26.7. The van der Waals surface area contributed by atoms with E-state index in [2.05, 4.69) is 10.0 Å². The number of anilines is 2. The Bertz CT molecular complexity index is 1540. The van der Waals surface area contributed by atoms with Crippen molar-refractivity contribution in [3.05, 3.63) is 119 Å². The monoisotopic (exact) mass is 540 g/mol. The van der Waals surface area contributed by atoms with Gasteiger partial charge >= 0.3 is 6.18 Å². The summed E-state index contributed by atoms with van der Waals surface area (Å²) in [5, 5.41) is 2.40. The summed E-state index contributed by atoms with van der Waals surface area (Å²) in [6.45, 7) is 1.96. The van der Waals surface area contributed by atoms with E-state index < -0.39 is 27.7 Å². The molecule has 10 heteroatoms. The molecule has 0 unspecified atom stereocenters. The van der Waals surface area contributed by atoms with Crippen molar-refractivity contribution >= 4 is 27.3 Å². The van der Waals surface area contributed by atoms with Crippen LogP contribution in [-0.2, 0) is 22.8 Å². The first-order chi connectivity index (χ1) is 18.0. The number of ether oxygens (including phenoxy) is 1. The van der Waals surface area contributed by atoms with Crippen molar-refractivity contribution in [2.75, 3.05) is 10.0 Å². The van der Waals surface area contributed by atoms with E-state index in [1.165, 1.54) is 30.3 Å². The van der Waals surface area contributed by atoms with Crippen LogP contribution >= 0.6 is 0 Å². The minimum atomic E-state index is -4.57. The molecule has 2 N–H and O–H groups in total. The molecule has 38 heavy (non-hydrogen) atoms. The lowest BCUT2D eigenvalue weighted by Gasteiger charge is -2.13. The number of carbonyl (C=O) groups excluding carboxylic acids is 1. The Balaban J connectivity index is 1.46. The standard InChI is InChI=1S/C28H23F3N2O4S/c1-19-10-15-25(17-26(19)27(34)32-23-9-5-8-21(16-23)28(29,30)31)38(35,36)33-22-11-13-24(14-12-22)37-18-20-6-3-2-4-7-20/h2-17,33H,18H2,1H3,(H,32,34). The molecule has 0 heterocycles. The van der Waals surface area contributed by atoms with Gasteiger partial charge in [-0.15, -0.1) is 0 Å². The van der Waals surface area contributed by atoms with Crippen molar-refractivity contribution in [1.82, 2.24) is 0 Å². The molecular weight excluding hydrogens is 517 g/mol. The quantitative estimate of drug-likeness (QED) is 0.262. The molecule has 0 saturated heterocycles. The molecule has 1 amide bonds. The average molecular weight is 541 g/mol. The van der Waals surface area contributed by atoms with Crippen LogP contribution in [0.3, 0.4) is 0 Å². The molecule has 0 spiro atoms. The highest BCUT2D eigenvalue weighted by Gasteiger charge is 2.30. The maximum absolute atomic E-state index is 13.0. The highest BCUT2D eigenvalue weighted by molar-refractivity contribution is 7.92. The van der Waals surface area contributed by atoms with Crippen LogP contribution in [0.4, 0.5) is 24.5 Å². The van der Waals surface area contributed by atoms with Gasteiger partial charge in [-0.1, -0.05) is 42.5 Å². The van der Waals surface area contributed by atoms with Crippen molar-refractivity contribution < 1.29 is 31.1 Å². The topological polar surface area (TPSA) is 84.5 Å². The lowest BCUT2D eigenvalue weighted by atomic mass is 10.1. The summed E-state index contributed by atoms with van der Waals surface area (Å²) in [5.74, 6) is -0.181. The maximum atomic E-state index is 13.0. The molecule has 196 valence electrons. The molecule has 0 saturated carbocycles. The summed E-state index contributed by atoms with van der Waals surface area (Å²) in [6, 6.07) is 24.1. The fraction of sp³-hybridized carbons (Fsp3) is 0.107. The maximum Gasteiger partial charge on any atom is 0.416 e. The third-order valence-corrected chi connectivity index (χ3v) is 6.95. The largest absolute Gasteiger partial charge is 0.489 e. The molecule has 6 nitrogen and oxygen atoms in total. The number of sulfonamides is 1. The normalized spacial score (nSPS) is 11.6. The van der Waals surface area contributed by atoms with E-state index in [9.17, 15) is 26.4 Å². The van der Waals surface area contributed by atoms with Crippen molar-refractivity contribution in [2.45, 2.75) is 24.6 Å². The zero-order chi connectivity index (χ0) is 27.3. The Labute approximate surface area is 218 Å². The van der Waals surface area contributed by atoms with Crippen molar-refractivity contribution in [3.63, 3.8) is 0 Å². The number of benzene rings is 4. The van der Waals surface area contributed by atoms with Crippen LogP contribution in [0, 0.1) is 6.92 Å². The van der Waals surface area contributed by atoms with Gasteiger partial charge in [-0.2, -0.15) is 13.2 Å². The minimum absolute atomic E-state index is 0.00921. The summed E-state index contributed by atoms with van der Waals surface area (Å²) >= 11 is 0. The molecule has 0 atom stereocenters. The van der Waals surface area contributed by atoms with Gasteiger partial charge in [0, 0.05) is 16.9 Å². The number of aryl methyl sites for hydroxylation is 1. The SMILES string of the molecule is Cc1ccc(S(=O)(=O)Nc2ccc(OCc3ccccc3)cc2)cc1C(=O)Nc1cccc(C(F)(F)F)c1. The zero-order valence-electron chi connectivity index (χ0n) is 20.1. The Kier molecular flexibility index (Phi) is 7.72. The summed E-state index contributed by atoms with van der Waals surface area (Å²) in [5.41, 5.74) is 0.759. The second-order valence-corrected chi connectivity index (χ2v) is 10.1. The number of hydrogen-bond acceptors (Lipinski definition) is 4. The van der Waals surface area contributed by atoms with Crippen LogP contribution < -0.4 is 14.8 Å². The lowest BCUT2D eigenvalue weighted by molar-refractivity contribution is -0.137. The number of carbonyl (C=O) groups is 1. The van der Waals surface area contributed by atoms with Gasteiger partial charge in [0.2, 0.25) is 0 Å². The van der Waals surface area contributed by atoms with E-state index in [4.69, 9.17) is 4.74 Å². The molecule has 0 aliphatic rings. The van der Waals surface area contributed by atoms with Gasteiger partial charge in [-0.25, -0.2) is 8.42 Å². The summed E-state index contributed by atoms with van der Waals surface area (Å²) in [7, 11) is -4.07. The number of halogens is 3. The smallest absolute Gasteiger partial charge is 0.416 e. The van der Waals surface area contributed by atoms with E-state index >= 15 is 0 Å². The molecule has 0 radical (unpaired) electrons. The van der Waals surface area contributed by atoms with Gasteiger partial charge in [0.15, 0.2) is 0 Å². The van der Waals surface area contributed by atoms with E-state index in [1.807, 2.05) is 30.3 Å². The molecule has 4 rings (SSSR count). The van der Waals surface area contributed by atoms with Crippen molar-refractivity contribution in [2.24, 2.45) is 0 Å². The first-order valence-corrected chi connectivity index (χ1v) is 12.9. The van der Waals surface area contributed by atoms with Crippen LogP contribution in [0.5, 0.6) is 5.75 Å². The zero-order valence-corrected chi connectivity index (χ0v) is 20.9. The second-order valence-electron chi connectivity index (χ2n) is 8.41. The number of hydrogen-bond donors (Lipinski definition) is 2. The Morgan fingerprint density at radius 1 is 0.842 bits per heavy atom. The molecular formula is C28H23F3N2O4S. The second kappa shape index (κ2) is 11.0. The van der Waals surface area contributed by atoms with Crippen LogP contribution in [0.2, 0.25) is 0 Å². The van der Waals surface area contributed by atoms with Crippen LogP contribution in [0.15, 0.2) is 102 Å². The fourth-order valence-corrected chi connectivity index (χ4v) is 4.64. The predicted molar refractivity (Wildman–Crippen MR) is 139 cm³/mol. The summed E-state index contributed by atoms with van der Waals surface area (Å²) in [6.07, 6.45) is -4.57. The van der Waals surface area contributed by atoms with E-state index in [0.717, 1.165) is 17.7 Å². The van der Waals surface area contributed by atoms with Crippen LogP contribution in [0.25, 0.3) is 0 Å². The Hall–Kier alpha value is -4.31. The van der Waals surface area contributed by atoms with E-state index in [0.29, 0.717) is 17.9 Å². The third-order valence-electron chi connectivity index (χ3n) is 5.57. The van der Waals surface area contributed by atoms with Gasteiger partial charge < -0.3 is 10.1 Å². The fourth-order valence-electron chi connectivity index (χ4n) is 3.56. The first-order valence-electron chi connectivity index (χ1n) is 11.4.